The van der Waals surface area contributed by atoms with E-state index < -0.39 is 0 Å². The van der Waals surface area contributed by atoms with E-state index in [9.17, 15) is 0 Å². The lowest BCUT2D eigenvalue weighted by Gasteiger charge is -2.44. The van der Waals surface area contributed by atoms with Crippen molar-refractivity contribution in [1.82, 2.24) is 4.90 Å². The summed E-state index contributed by atoms with van der Waals surface area (Å²) in [6.45, 7) is 16.5. The largest absolute Gasteiger partial charge is 0.378 e. The first-order valence-corrected chi connectivity index (χ1v) is 13.9. The van der Waals surface area contributed by atoms with Crippen LogP contribution < -0.4 is 0 Å². The molecule has 1 saturated heterocycles. The average Bonchev–Trinajstić information content (AvgIpc) is 2.73. The highest BCUT2D eigenvalue weighted by atomic mass is 16.5. The zero-order valence-electron chi connectivity index (χ0n) is 21.8. The Labute approximate surface area is 190 Å². The molecule has 1 rings (SSSR count). The zero-order chi connectivity index (χ0) is 22.2. The summed E-state index contributed by atoms with van der Waals surface area (Å²) in [4.78, 5) is 2.80. The molecule has 1 heterocycles. The van der Waals surface area contributed by atoms with E-state index in [4.69, 9.17) is 4.74 Å². The van der Waals surface area contributed by atoms with Crippen LogP contribution in [-0.4, -0.2) is 36.2 Å². The zero-order valence-corrected chi connectivity index (χ0v) is 21.8. The first-order chi connectivity index (χ1) is 14.5. The van der Waals surface area contributed by atoms with E-state index >= 15 is 0 Å². The van der Waals surface area contributed by atoms with Gasteiger partial charge < -0.3 is 4.74 Å². The summed E-state index contributed by atoms with van der Waals surface area (Å²) in [5.41, 5.74) is 0. The van der Waals surface area contributed by atoms with Gasteiger partial charge in [-0.15, -0.1) is 0 Å². The fourth-order valence-electron chi connectivity index (χ4n) is 5.46. The molecular formula is C28H57NO. The van der Waals surface area contributed by atoms with Crippen molar-refractivity contribution < 1.29 is 4.74 Å². The van der Waals surface area contributed by atoms with Gasteiger partial charge in [-0.1, -0.05) is 98.3 Å². The summed E-state index contributed by atoms with van der Waals surface area (Å²) >= 11 is 0. The quantitative estimate of drug-likeness (QED) is 0.204. The van der Waals surface area contributed by atoms with Crippen LogP contribution in [-0.2, 0) is 4.74 Å². The Morgan fingerprint density at radius 3 is 1.80 bits per heavy atom. The minimum atomic E-state index is 0.480. The molecule has 0 bridgehead atoms. The van der Waals surface area contributed by atoms with E-state index in [1.165, 1.54) is 103 Å². The van der Waals surface area contributed by atoms with Gasteiger partial charge in [0, 0.05) is 25.2 Å². The monoisotopic (exact) mass is 423 g/mol. The molecule has 1 aliphatic heterocycles. The van der Waals surface area contributed by atoms with Crippen LogP contribution in [0.4, 0.5) is 0 Å². The van der Waals surface area contributed by atoms with Crippen molar-refractivity contribution in [2.24, 2.45) is 11.8 Å². The molecule has 0 radical (unpaired) electrons. The van der Waals surface area contributed by atoms with Crippen LogP contribution in [0.25, 0.3) is 0 Å². The molecule has 2 heteroatoms. The standard InChI is InChI=1S/C28H57NO/c1-7-11-14-15-18-26(10-4)23-29-24(5)21-28(22-25(29)6)30-20-19-27(16-12-8-2)17-13-9-3/h24-28H,7-23H2,1-6H3/t24-,25+,26?,28?. The number of rotatable bonds is 18. The molecule has 180 valence electrons. The minimum absolute atomic E-state index is 0.480. The van der Waals surface area contributed by atoms with Crippen LogP contribution in [0.2, 0.25) is 0 Å². The molecule has 1 aliphatic rings. The highest BCUT2D eigenvalue weighted by Gasteiger charge is 2.32. The van der Waals surface area contributed by atoms with E-state index in [2.05, 4.69) is 46.4 Å². The van der Waals surface area contributed by atoms with Gasteiger partial charge in [-0.2, -0.15) is 0 Å². The summed E-state index contributed by atoms with van der Waals surface area (Å²) in [6.07, 6.45) is 20.8. The Morgan fingerprint density at radius 2 is 1.27 bits per heavy atom. The van der Waals surface area contributed by atoms with Crippen molar-refractivity contribution in [3.63, 3.8) is 0 Å². The topological polar surface area (TPSA) is 12.5 Å². The van der Waals surface area contributed by atoms with Gasteiger partial charge >= 0.3 is 0 Å². The van der Waals surface area contributed by atoms with E-state index in [-0.39, 0.29) is 0 Å². The van der Waals surface area contributed by atoms with Gasteiger partial charge in [0.05, 0.1) is 6.10 Å². The summed E-state index contributed by atoms with van der Waals surface area (Å²) < 4.78 is 6.46. The molecule has 0 aromatic rings. The molecule has 0 saturated carbocycles. The predicted molar refractivity (Wildman–Crippen MR) is 134 cm³/mol. The lowest BCUT2D eigenvalue weighted by molar-refractivity contribution is -0.0424. The van der Waals surface area contributed by atoms with Crippen molar-refractivity contribution in [1.29, 1.82) is 0 Å². The Morgan fingerprint density at radius 1 is 0.700 bits per heavy atom. The number of piperidine rings is 1. The molecule has 0 aromatic carbocycles. The van der Waals surface area contributed by atoms with Crippen molar-refractivity contribution in [3.8, 4) is 0 Å². The summed E-state index contributed by atoms with van der Waals surface area (Å²) in [5.74, 6) is 1.76. The molecule has 2 nitrogen and oxygen atoms in total. The Kier molecular flexibility index (Phi) is 16.3. The Bertz CT molecular complexity index is 365. The molecule has 30 heavy (non-hydrogen) atoms. The number of nitrogens with zero attached hydrogens (tertiary/aromatic N) is 1. The van der Waals surface area contributed by atoms with Crippen molar-refractivity contribution in [2.75, 3.05) is 13.2 Å². The van der Waals surface area contributed by atoms with Crippen molar-refractivity contribution >= 4 is 0 Å². The lowest BCUT2D eigenvalue weighted by Crippen LogP contribution is -2.50. The summed E-state index contributed by atoms with van der Waals surface area (Å²) in [5, 5.41) is 0. The fourth-order valence-corrected chi connectivity index (χ4v) is 5.46. The lowest BCUT2D eigenvalue weighted by atomic mass is 9.90. The Hall–Kier alpha value is -0.0800. The summed E-state index contributed by atoms with van der Waals surface area (Å²) in [7, 11) is 0. The van der Waals surface area contributed by atoms with Gasteiger partial charge in [0.1, 0.15) is 0 Å². The molecule has 4 atom stereocenters. The van der Waals surface area contributed by atoms with Crippen LogP contribution >= 0.6 is 0 Å². The second-order valence-electron chi connectivity index (χ2n) is 10.4. The number of hydrogen-bond donors (Lipinski definition) is 0. The first-order valence-electron chi connectivity index (χ1n) is 13.9. The van der Waals surface area contributed by atoms with E-state index in [1.54, 1.807) is 0 Å². The minimum Gasteiger partial charge on any atom is -0.378 e. The normalized spacial score (nSPS) is 23.9. The highest BCUT2D eigenvalue weighted by Crippen LogP contribution is 2.29. The number of ether oxygens (including phenoxy) is 1. The third-order valence-electron chi connectivity index (χ3n) is 7.66. The second kappa shape index (κ2) is 17.5. The maximum absolute atomic E-state index is 6.46. The molecule has 0 aromatic heterocycles. The molecule has 0 N–H and O–H groups in total. The van der Waals surface area contributed by atoms with Gasteiger partial charge in [0.15, 0.2) is 0 Å². The predicted octanol–water partition coefficient (Wildman–Crippen LogP) is 8.63. The first kappa shape index (κ1) is 28.0. The second-order valence-corrected chi connectivity index (χ2v) is 10.4. The maximum atomic E-state index is 6.46. The van der Waals surface area contributed by atoms with Gasteiger partial charge in [-0.05, 0) is 51.4 Å². The summed E-state index contributed by atoms with van der Waals surface area (Å²) in [6, 6.07) is 1.33. The molecular weight excluding hydrogens is 366 g/mol. The van der Waals surface area contributed by atoms with Gasteiger partial charge in [-0.3, -0.25) is 4.90 Å². The average molecular weight is 424 g/mol. The van der Waals surface area contributed by atoms with Crippen LogP contribution in [0.5, 0.6) is 0 Å². The maximum Gasteiger partial charge on any atom is 0.0604 e. The van der Waals surface area contributed by atoms with E-state index in [0.29, 0.717) is 18.2 Å². The molecule has 2 unspecified atom stereocenters. The van der Waals surface area contributed by atoms with Crippen molar-refractivity contribution in [3.05, 3.63) is 0 Å². The van der Waals surface area contributed by atoms with Crippen LogP contribution in [0.1, 0.15) is 138 Å². The van der Waals surface area contributed by atoms with Crippen molar-refractivity contribution in [2.45, 2.75) is 156 Å². The fraction of sp³-hybridized carbons (Fsp3) is 1.00. The van der Waals surface area contributed by atoms with E-state index in [0.717, 1.165) is 18.4 Å². The smallest absolute Gasteiger partial charge is 0.0604 e. The highest BCUT2D eigenvalue weighted by molar-refractivity contribution is 4.86. The number of unbranched alkanes of at least 4 members (excludes halogenated alkanes) is 5. The number of likely N-dealkylation sites (tertiary alicyclic amines) is 1. The van der Waals surface area contributed by atoms with Gasteiger partial charge in [0.25, 0.3) is 0 Å². The van der Waals surface area contributed by atoms with Gasteiger partial charge in [0.2, 0.25) is 0 Å². The van der Waals surface area contributed by atoms with Crippen LogP contribution in [0.15, 0.2) is 0 Å². The number of hydrogen-bond acceptors (Lipinski definition) is 2. The third-order valence-corrected chi connectivity index (χ3v) is 7.66. The van der Waals surface area contributed by atoms with Crippen LogP contribution in [0.3, 0.4) is 0 Å². The third kappa shape index (κ3) is 11.5. The van der Waals surface area contributed by atoms with E-state index in [1.807, 2.05) is 0 Å². The molecule has 1 fully saturated rings. The molecule has 0 spiro atoms. The van der Waals surface area contributed by atoms with Gasteiger partial charge in [-0.25, -0.2) is 0 Å². The molecule has 0 amide bonds. The Balaban J connectivity index is 2.38. The molecule has 0 aliphatic carbocycles. The SMILES string of the molecule is CCCCCCC(CC)CN1[C@H](C)CC(OCCC(CCCC)CCCC)C[C@@H]1C. The van der Waals surface area contributed by atoms with Crippen LogP contribution in [0, 0.1) is 11.8 Å².